The Balaban J connectivity index is 2.54. The lowest BCUT2D eigenvalue weighted by Crippen LogP contribution is -2.29. The van der Waals surface area contributed by atoms with E-state index in [1.807, 2.05) is 0 Å². The number of non-ortho nitro benzene ring substituents is 1. The van der Waals surface area contributed by atoms with E-state index in [0.717, 1.165) is 10.4 Å². The fraction of sp³-hybridized carbons (Fsp3) is 0.400. The summed E-state index contributed by atoms with van der Waals surface area (Å²) in [5.41, 5.74) is 4.44. The van der Waals surface area contributed by atoms with Crippen molar-refractivity contribution in [3.05, 3.63) is 28.1 Å². The molecule has 1 aliphatic heterocycles. The predicted octanol–water partition coefficient (Wildman–Crippen LogP) is 1.10. The fourth-order valence-electron chi connectivity index (χ4n) is 2.03. The topological polar surface area (TPSA) is 107 Å². The van der Waals surface area contributed by atoms with E-state index in [-0.39, 0.29) is 0 Å². The molecule has 7 nitrogen and oxygen atoms in total. The Morgan fingerprint density at radius 2 is 1.89 bits per heavy atom. The molecule has 0 atom stereocenters. The van der Waals surface area contributed by atoms with Gasteiger partial charge in [-0.05, 0) is 12.8 Å². The van der Waals surface area contributed by atoms with E-state index in [1.165, 1.54) is 0 Å². The number of nitrogens with two attached hydrogens (primary N) is 1. The van der Waals surface area contributed by atoms with Crippen LogP contribution >= 0.6 is 0 Å². The Bertz CT molecular complexity index is 603. The summed E-state index contributed by atoms with van der Waals surface area (Å²) in [7, 11) is -4.03. The first kappa shape index (κ1) is 13.7. The van der Waals surface area contributed by atoms with Crippen LogP contribution in [-0.4, -0.2) is 30.7 Å². The molecule has 1 aromatic carbocycles. The Labute approximate surface area is 109 Å². The third-order valence-corrected chi connectivity index (χ3v) is 4.92. The van der Waals surface area contributed by atoms with Crippen molar-refractivity contribution in [1.29, 1.82) is 0 Å². The van der Waals surface area contributed by atoms with Crippen LogP contribution in [0.5, 0.6) is 0 Å². The zero-order chi connectivity index (χ0) is 14.2. The first-order valence-electron chi connectivity index (χ1n) is 5.57. The van der Waals surface area contributed by atoms with Crippen LogP contribution < -0.4 is 5.73 Å². The molecule has 2 rings (SSSR count). The van der Waals surface area contributed by atoms with Gasteiger partial charge in [0.1, 0.15) is 4.90 Å². The number of rotatable bonds is 3. The van der Waals surface area contributed by atoms with Crippen molar-refractivity contribution in [1.82, 2.24) is 4.31 Å². The standard InChI is InChI=1S/C10H12FN3O4S/c11-8-5-7(14(15)16)6-9(12)10(8)19(17,18)13-3-1-2-4-13/h5-6H,1-4,12H2. The van der Waals surface area contributed by atoms with Gasteiger partial charge in [0.25, 0.3) is 5.69 Å². The Kier molecular flexibility index (Phi) is 3.42. The third kappa shape index (κ3) is 2.38. The zero-order valence-electron chi connectivity index (χ0n) is 9.87. The SMILES string of the molecule is Nc1cc([N+](=O)[O-])cc(F)c1S(=O)(=O)N1CCCC1. The van der Waals surface area contributed by atoms with Crippen molar-refractivity contribution < 1.29 is 17.7 Å². The van der Waals surface area contributed by atoms with Crippen LogP contribution in [0, 0.1) is 15.9 Å². The molecule has 0 aliphatic carbocycles. The second-order valence-electron chi connectivity index (χ2n) is 4.21. The lowest BCUT2D eigenvalue weighted by Gasteiger charge is -2.17. The molecule has 19 heavy (non-hydrogen) atoms. The Morgan fingerprint density at radius 1 is 1.32 bits per heavy atom. The average molecular weight is 289 g/mol. The molecule has 0 amide bonds. The summed E-state index contributed by atoms with van der Waals surface area (Å²) >= 11 is 0. The van der Waals surface area contributed by atoms with Crippen LogP contribution in [0.15, 0.2) is 17.0 Å². The molecule has 1 aliphatic rings. The number of hydrogen-bond donors (Lipinski definition) is 1. The van der Waals surface area contributed by atoms with Gasteiger partial charge in [-0.2, -0.15) is 4.31 Å². The largest absolute Gasteiger partial charge is 0.397 e. The number of nitrogen functional groups attached to an aromatic ring is 1. The second kappa shape index (κ2) is 4.74. The number of nitro groups is 1. The van der Waals surface area contributed by atoms with E-state index in [0.29, 0.717) is 32.0 Å². The Morgan fingerprint density at radius 3 is 2.37 bits per heavy atom. The highest BCUT2D eigenvalue weighted by atomic mass is 32.2. The minimum Gasteiger partial charge on any atom is -0.397 e. The highest BCUT2D eigenvalue weighted by Gasteiger charge is 2.32. The van der Waals surface area contributed by atoms with Gasteiger partial charge in [-0.1, -0.05) is 0 Å². The molecule has 104 valence electrons. The molecule has 0 saturated carbocycles. The zero-order valence-corrected chi connectivity index (χ0v) is 10.7. The molecular weight excluding hydrogens is 277 g/mol. The molecule has 0 unspecified atom stereocenters. The smallest absolute Gasteiger partial charge is 0.274 e. The predicted molar refractivity (Wildman–Crippen MR) is 65.5 cm³/mol. The van der Waals surface area contributed by atoms with Crippen LogP contribution in [0.3, 0.4) is 0 Å². The van der Waals surface area contributed by atoms with Gasteiger partial charge >= 0.3 is 0 Å². The maximum Gasteiger partial charge on any atom is 0.274 e. The van der Waals surface area contributed by atoms with Gasteiger partial charge in [0.05, 0.1) is 16.7 Å². The van der Waals surface area contributed by atoms with Gasteiger partial charge in [0.2, 0.25) is 10.0 Å². The van der Waals surface area contributed by atoms with Gasteiger partial charge in [0.15, 0.2) is 5.82 Å². The monoisotopic (exact) mass is 289 g/mol. The van der Waals surface area contributed by atoms with Crippen molar-refractivity contribution in [3.8, 4) is 0 Å². The molecular formula is C10H12FN3O4S. The van der Waals surface area contributed by atoms with Crippen molar-refractivity contribution >= 4 is 21.4 Å². The van der Waals surface area contributed by atoms with E-state index >= 15 is 0 Å². The molecule has 9 heteroatoms. The van der Waals surface area contributed by atoms with E-state index in [4.69, 9.17) is 5.73 Å². The minimum absolute atomic E-state index is 0.304. The van der Waals surface area contributed by atoms with E-state index < -0.39 is 37.0 Å². The molecule has 1 heterocycles. The van der Waals surface area contributed by atoms with E-state index in [1.54, 1.807) is 0 Å². The fourth-order valence-corrected chi connectivity index (χ4v) is 3.69. The lowest BCUT2D eigenvalue weighted by atomic mass is 10.3. The summed E-state index contributed by atoms with van der Waals surface area (Å²) in [5.74, 6) is -1.20. The highest BCUT2D eigenvalue weighted by Crippen LogP contribution is 2.31. The third-order valence-electron chi connectivity index (χ3n) is 2.93. The molecule has 0 aromatic heterocycles. The first-order chi connectivity index (χ1) is 8.84. The van der Waals surface area contributed by atoms with Gasteiger partial charge in [-0.25, -0.2) is 12.8 Å². The number of sulfonamides is 1. The number of anilines is 1. The Hall–Kier alpha value is -1.74. The maximum absolute atomic E-state index is 13.8. The van der Waals surface area contributed by atoms with Crippen molar-refractivity contribution in [3.63, 3.8) is 0 Å². The summed E-state index contributed by atoms with van der Waals surface area (Å²) in [6.45, 7) is 0.608. The molecule has 2 N–H and O–H groups in total. The maximum atomic E-state index is 13.8. The van der Waals surface area contributed by atoms with Crippen LogP contribution in [-0.2, 0) is 10.0 Å². The van der Waals surface area contributed by atoms with Crippen molar-refractivity contribution in [2.45, 2.75) is 17.7 Å². The summed E-state index contributed by atoms with van der Waals surface area (Å²) in [6.07, 6.45) is 1.40. The molecule has 1 fully saturated rings. The van der Waals surface area contributed by atoms with Gasteiger partial charge in [-0.3, -0.25) is 10.1 Å². The summed E-state index contributed by atoms with van der Waals surface area (Å²) in [4.78, 5) is 9.04. The van der Waals surface area contributed by atoms with Gasteiger partial charge in [0, 0.05) is 19.2 Å². The van der Waals surface area contributed by atoms with Crippen LogP contribution in [0.1, 0.15) is 12.8 Å². The first-order valence-corrected chi connectivity index (χ1v) is 7.01. The minimum atomic E-state index is -4.03. The normalized spacial score (nSPS) is 16.7. The van der Waals surface area contributed by atoms with E-state index in [2.05, 4.69) is 0 Å². The molecule has 0 bridgehead atoms. The highest BCUT2D eigenvalue weighted by molar-refractivity contribution is 7.89. The molecule has 0 spiro atoms. The van der Waals surface area contributed by atoms with Crippen molar-refractivity contribution in [2.75, 3.05) is 18.8 Å². The second-order valence-corrected chi connectivity index (χ2v) is 6.09. The average Bonchev–Trinajstić information content (AvgIpc) is 2.81. The van der Waals surface area contributed by atoms with Crippen LogP contribution in [0.2, 0.25) is 0 Å². The van der Waals surface area contributed by atoms with Crippen LogP contribution in [0.25, 0.3) is 0 Å². The van der Waals surface area contributed by atoms with Crippen LogP contribution in [0.4, 0.5) is 15.8 Å². The number of nitro benzene ring substituents is 1. The number of hydrogen-bond acceptors (Lipinski definition) is 5. The lowest BCUT2D eigenvalue weighted by molar-refractivity contribution is -0.385. The number of halogens is 1. The molecule has 0 radical (unpaired) electrons. The van der Waals surface area contributed by atoms with Gasteiger partial charge < -0.3 is 5.73 Å². The summed E-state index contributed by atoms with van der Waals surface area (Å²) in [6, 6.07) is 1.42. The summed E-state index contributed by atoms with van der Waals surface area (Å²) < 4.78 is 39.3. The van der Waals surface area contributed by atoms with E-state index in [9.17, 15) is 22.9 Å². The number of benzene rings is 1. The van der Waals surface area contributed by atoms with Crippen molar-refractivity contribution in [2.24, 2.45) is 0 Å². The summed E-state index contributed by atoms with van der Waals surface area (Å²) in [5, 5.41) is 10.5. The quantitative estimate of drug-likeness (QED) is 0.509. The number of nitrogens with zero attached hydrogens (tertiary/aromatic N) is 2. The molecule has 1 saturated heterocycles. The van der Waals surface area contributed by atoms with Gasteiger partial charge in [-0.15, -0.1) is 0 Å². The molecule has 1 aromatic rings.